The van der Waals surface area contributed by atoms with Crippen molar-refractivity contribution < 1.29 is 23.8 Å². The van der Waals surface area contributed by atoms with Crippen LogP contribution in [0, 0.1) is 5.82 Å². The van der Waals surface area contributed by atoms with Gasteiger partial charge < -0.3 is 14.6 Å². The Bertz CT molecular complexity index is 687. The van der Waals surface area contributed by atoms with Crippen LogP contribution in [0.3, 0.4) is 0 Å². The van der Waals surface area contributed by atoms with E-state index in [1.165, 1.54) is 12.1 Å². The standard InChI is InChI=1S/C18H17FO4/c19-14-7-9-16-13(10-14)6-8-17(23-16)15(20)11-22-18(21)12-4-2-1-3-5-12/h1-5,7,9-10,15,17,20H,6,8,11H2/t15-,17-/m1/s1. The Morgan fingerprint density at radius 1 is 1.30 bits per heavy atom. The Hall–Kier alpha value is -2.40. The summed E-state index contributed by atoms with van der Waals surface area (Å²) in [5, 5.41) is 10.2. The second-order valence-electron chi connectivity index (χ2n) is 5.48. The van der Waals surface area contributed by atoms with Gasteiger partial charge in [-0.1, -0.05) is 18.2 Å². The molecule has 0 radical (unpaired) electrons. The Morgan fingerprint density at radius 2 is 2.09 bits per heavy atom. The predicted molar refractivity (Wildman–Crippen MR) is 81.9 cm³/mol. The number of aryl methyl sites for hydroxylation is 1. The zero-order valence-electron chi connectivity index (χ0n) is 12.4. The summed E-state index contributed by atoms with van der Waals surface area (Å²) in [6.07, 6.45) is -0.250. The number of ether oxygens (including phenoxy) is 2. The third kappa shape index (κ3) is 3.68. The lowest BCUT2D eigenvalue weighted by Gasteiger charge is -2.29. The molecule has 1 heterocycles. The van der Waals surface area contributed by atoms with Gasteiger partial charge in [0.05, 0.1) is 5.56 Å². The minimum atomic E-state index is -0.930. The van der Waals surface area contributed by atoms with Gasteiger partial charge in [-0.2, -0.15) is 0 Å². The zero-order valence-corrected chi connectivity index (χ0v) is 12.4. The van der Waals surface area contributed by atoms with Crippen molar-refractivity contribution in [1.82, 2.24) is 0 Å². The molecule has 1 N–H and O–H groups in total. The van der Waals surface area contributed by atoms with Crippen molar-refractivity contribution in [2.45, 2.75) is 25.0 Å². The first-order valence-electron chi connectivity index (χ1n) is 7.49. The highest BCUT2D eigenvalue weighted by molar-refractivity contribution is 5.89. The van der Waals surface area contributed by atoms with Crippen molar-refractivity contribution in [2.75, 3.05) is 6.61 Å². The molecule has 0 fully saturated rings. The third-order valence-electron chi connectivity index (χ3n) is 3.82. The number of aliphatic hydroxyl groups is 1. The van der Waals surface area contributed by atoms with Crippen LogP contribution in [0.15, 0.2) is 48.5 Å². The van der Waals surface area contributed by atoms with Crippen LogP contribution < -0.4 is 4.74 Å². The summed E-state index contributed by atoms with van der Waals surface area (Å²) in [7, 11) is 0. The van der Waals surface area contributed by atoms with Crippen LogP contribution in [-0.2, 0) is 11.2 Å². The number of esters is 1. The molecule has 2 atom stereocenters. The second-order valence-corrected chi connectivity index (χ2v) is 5.48. The second kappa shape index (κ2) is 6.79. The van der Waals surface area contributed by atoms with Gasteiger partial charge >= 0.3 is 5.97 Å². The number of fused-ring (bicyclic) bond motifs is 1. The number of hydrogen-bond donors (Lipinski definition) is 1. The van der Waals surface area contributed by atoms with Gasteiger partial charge in [0.15, 0.2) is 0 Å². The quantitative estimate of drug-likeness (QED) is 0.881. The normalized spacial score (nSPS) is 17.7. The van der Waals surface area contributed by atoms with Crippen LogP contribution in [0.5, 0.6) is 5.75 Å². The number of halogens is 1. The van der Waals surface area contributed by atoms with Crippen molar-refractivity contribution in [3.63, 3.8) is 0 Å². The van der Waals surface area contributed by atoms with E-state index in [9.17, 15) is 14.3 Å². The summed E-state index contributed by atoms with van der Waals surface area (Å²) in [4.78, 5) is 11.9. The van der Waals surface area contributed by atoms with E-state index >= 15 is 0 Å². The van der Waals surface area contributed by atoms with Crippen LogP contribution in [-0.4, -0.2) is 29.9 Å². The van der Waals surface area contributed by atoms with Gasteiger partial charge in [-0.3, -0.25) is 0 Å². The van der Waals surface area contributed by atoms with E-state index in [2.05, 4.69) is 0 Å². The summed E-state index contributed by atoms with van der Waals surface area (Å²) in [6, 6.07) is 12.9. The molecule has 4 nitrogen and oxygen atoms in total. The van der Waals surface area contributed by atoms with Crippen molar-refractivity contribution in [1.29, 1.82) is 0 Å². The fourth-order valence-electron chi connectivity index (χ4n) is 2.58. The number of carbonyl (C=O) groups is 1. The lowest BCUT2D eigenvalue weighted by atomic mass is 9.99. The Labute approximate surface area is 133 Å². The first-order chi connectivity index (χ1) is 11.1. The van der Waals surface area contributed by atoms with Gasteiger partial charge in [0.2, 0.25) is 0 Å². The smallest absolute Gasteiger partial charge is 0.338 e. The number of rotatable bonds is 4. The first kappa shape index (κ1) is 15.5. The van der Waals surface area contributed by atoms with E-state index < -0.39 is 18.2 Å². The van der Waals surface area contributed by atoms with Crippen molar-refractivity contribution in [3.05, 3.63) is 65.5 Å². The monoisotopic (exact) mass is 316 g/mol. The average Bonchev–Trinajstić information content (AvgIpc) is 2.59. The van der Waals surface area contributed by atoms with E-state index in [0.29, 0.717) is 24.2 Å². The third-order valence-corrected chi connectivity index (χ3v) is 3.82. The minimum Gasteiger partial charge on any atom is -0.487 e. The molecule has 2 aromatic carbocycles. The van der Waals surface area contributed by atoms with E-state index in [1.54, 1.807) is 30.3 Å². The summed E-state index contributed by atoms with van der Waals surface area (Å²) < 4.78 is 24.0. The minimum absolute atomic E-state index is 0.144. The van der Waals surface area contributed by atoms with Crippen molar-refractivity contribution in [2.24, 2.45) is 0 Å². The molecule has 0 saturated carbocycles. The number of hydrogen-bond acceptors (Lipinski definition) is 4. The molecule has 2 aromatic rings. The maximum absolute atomic E-state index is 13.2. The van der Waals surface area contributed by atoms with E-state index in [1.807, 2.05) is 6.07 Å². The van der Waals surface area contributed by atoms with Crippen molar-refractivity contribution in [3.8, 4) is 5.75 Å². The molecular formula is C18H17FO4. The van der Waals surface area contributed by atoms with Crippen LogP contribution in [0.1, 0.15) is 22.3 Å². The molecule has 23 heavy (non-hydrogen) atoms. The van der Waals surface area contributed by atoms with E-state index in [0.717, 1.165) is 5.56 Å². The molecule has 0 saturated heterocycles. The van der Waals surface area contributed by atoms with Crippen LogP contribution in [0.2, 0.25) is 0 Å². The van der Waals surface area contributed by atoms with Gasteiger partial charge in [0.1, 0.15) is 30.4 Å². The Kier molecular flexibility index (Phi) is 4.57. The highest BCUT2D eigenvalue weighted by atomic mass is 19.1. The van der Waals surface area contributed by atoms with E-state index in [4.69, 9.17) is 9.47 Å². The van der Waals surface area contributed by atoms with Crippen LogP contribution in [0.25, 0.3) is 0 Å². The van der Waals surface area contributed by atoms with Gasteiger partial charge in [0, 0.05) is 0 Å². The highest BCUT2D eigenvalue weighted by Crippen LogP contribution is 2.29. The van der Waals surface area contributed by atoms with Gasteiger partial charge in [-0.05, 0) is 48.7 Å². The van der Waals surface area contributed by atoms with Crippen molar-refractivity contribution >= 4 is 5.97 Å². The maximum atomic E-state index is 13.2. The molecule has 0 aromatic heterocycles. The Balaban J connectivity index is 1.56. The van der Waals surface area contributed by atoms with Gasteiger partial charge in [-0.25, -0.2) is 9.18 Å². The average molecular weight is 316 g/mol. The molecule has 0 amide bonds. The molecular weight excluding hydrogens is 299 g/mol. The topological polar surface area (TPSA) is 55.8 Å². The SMILES string of the molecule is O=C(OC[C@@H](O)[C@H]1CCc2cc(F)ccc2O1)c1ccccc1. The molecule has 3 rings (SSSR count). The molecule has 0 unspecified atom stereocenters. The maximum Gasteiger partial charge on any atom is 0.338 e. The molecule has 0 spiro atoms. The predicted octanol–water partition coefficient (Wildman–Crippen LogP) is 2.74. The first-order valence-corrected chi connectivity index (χ1v) is 7.49. The number of carbonyl (C=O) groups excluding carboxylic acids is 1. The summed E-state index contributed by atoms with van der Waals surface area (Å²) in [5.41, 5.74) is 1.22. The number of aliphatic hydroxyl groups excluding tert-OH is 1. The summed E-state index contributed by atoms with van der Waals surface area (Å²) in [6.45, 7) is -0.144. The molecule has 120 valence electrons. The number of benzene rings is 2. The lowest BCUT2D eigenvalue weighted by molar-refractivity contribution is -0.0239. The van der Waals surface area contributed by atoms with E-state index in [-0.39, 0.29) is 12.4 Å². The largest absolute Gasteiger partial charge is 0.487 e. The molecule has 0 bridgehead atoms. The van der Waals surface area contributed by atoms with Crippen LogP contribution >= 0.6 is 0 Å². The molecule has 5 heteroatoms. The fraction of sp³-hybridized carbons (Fsp3) is 0.278. The highest BCUT2D eigenvalue weighted by Gasteiger charge is 2.27. The zero-order chi connectivity index (χ0) is 16.2. The van der Waals surface area contributed by atoms with Crippen LogP contribution in [0.4, 0.5) is 4.39 Å². The Morgan fingerprint density at radius 3 is 2.87 bits per heavy atom. The van der Waals surface area contributed by atoms with Gasteiger partial charge in [-0.15, -0.1) is 0 Å². The fourth-order valence-corrected chi connectivity index (χ4v) is 2.58. The molecule has 0 aliphatic carbocycles. The molecule has 1 aliphatic rings. The summed E-state index contributed by atoms with van der Waals surface area (Å²) >= 11 is 0. The van der Waals surface area contributed by atoms with Gasteiger partial charge in [0.25, 0.3) is 0 Å². The summed E-state index contributed by atoms with van der Waals surface area (Å²) in [5.74, 6) is -0.220. The molecule has 1 aliphatic heterocycles. The lowest BCUT2D eigenvalue weighted by Crippen LogP contribution is -2.38.